The molecule has 4 rings (SSSR count). The van der Waals surface area contributed by atoms with Crippen molar-refractivity contribution in [3.05, 3.63) is 76.5 Å². The van der Waals surface area contributed by atoms with Gasteiger partial charge in [0.15, 0.2) is 0 Å². The van der Waals surface area contributed by atoms with Crippen molar-refractivity contribution in [3.8, 4) is 11.3 Å². The van der Waals surface area contributed by atoms with E-state index < -0.39 is 0 Å². The smallest absolute Gasteiger partial charge is 0.345 e. The Morgan fingerprint density at radius 2 is 1.75 bits per heavy atom. The zero-order valence-corrected chi connectivity index (χ0v) is 13.3. The third-order valence-electron chi connectivity index (χ3n) is 3.51. The van der Waals surface area contributed by atoms with Gasteiger partial charge < -0.3 is 4.42 Å². The average Bonchev–Trinajstić information content (AvgIpc) is 3.09. The fraction of sp³-hybridized carbons (Fsp3) is 0. The largest absolute Gasteiger partial charge is 0.422 e. The van der Waals surface area contributed by atoms with Gasteiger partial charge in [-0.15, -0.1) is 11.3 Å². The van der Waals surface area contributed by atoms with Crippen LogP contribution in [0.1, 0.15) is 0 Å². The predicted molar refractivity (Wildman–Crippen MR) is 97.3 cm³/mol. The van der Waals surface area contributed by atoms with E-state index in [4.69, 9.17) is 4.42 Å². The van der Waals surface area contributed by atoms with E-state index in [2.05, 4.69) is 15.8 Å². The molecule has 2 aromatic heterocycles. The van der Waals surface area contributed by atoms with Crippen molar-refractivity contribution in [1.29, 1.82) is 0 Å². The molecule has 0 aliphatic carbocycles. The number of rotatable bonds is 4. The summed E-state index contributed by atoms with van der Waals surface area (Å²) in [5.41, 5.74) is 8.27. The molecule has 0 saturated carbocycles. The Bertz CT molecular complexity index is 1040. The summed E-state index contributed by atoms with van der Waals surface area (Å²) in [5.74, 6) is 0. The lowest BCUT2D eigenvalue weighted by atomic mass is 10.1. The van der Waals surface area contributed by atoms with Crippen molar-refractivity contribution in [1.82, 2.24) is 4.98 Å². The number of aromatic nitrogens is 1. The summed E-state index contributed by atoms with van der Waals surface area (Å²) in [6.07, 6.45) is 0. The van der Waals surface area contributed by atoms with Crippen LogP contribution in [-0.2, 0) is 0 Å². The molecule has 2 heterocycles. The minimum absolute atomic E-state index is 0.387. The van der Waals surface area contributed by atoms with Crippen molar-refractivity contribution < 1.29 is 4.42 Å². The van der Waals surface area contributed by atoms with Crippen LogP contribution in [0.4, 0.5) is 10.8 Å². The molecule has 0 amide bonds. The first-order chi connectivity index (χ1) is 11.8. The second-order valence-electron chi connectivity index (χ2n) is 5.14. The number of hydrogen-bond acceptors (Lipinski definition) is 6. The van der Waals surface area contributed by atoms with Crippen LogP contribution in [0.25, 0.3) is 22.2 Å². The molecule has 0 atom stereocenters. The molecule has 24 heavy (non-hydrogen) atoms. The molecular weight excluding hydrogens is 322 g/mol. The van der Waals surface area contributed by atoms with Crippen molar-refractivity contribution in [2.75, 3.05) is 10.9 Å². The first-order valence-electron chi connectivity index (χ1n) is 7.35. The van der Waals surface area contributed by atoms with E-state index in [0.717, 1.165) is 11.1 Å². The molecule has 0 saturated heterocycles. The number of nitrogens with zero attached hydrogens (tertiary/aromatic N) is 1. The van der Waals surface area contributed by atoms with Crippen LogP contribution in [0, 0.1) is 0 Å². The molecule has 0 fully saturated rings. The van der Waals surface area contributed by atoms with E-state index in [0.29, 0.717) is 22.0 Å². The maximum Gasteiger partial charge on any atom is 0.345 e. The fourth-order valence-corrected chi connectivity index (χ4v) is 3.01. The average molecular weight is 335 g/mol. The van der Waals surface area contributed by atoms with Gasteiger partial charge in [-0.3, -0.25) is 10.9 Å². The zero-order valence-electron chi connectivity index (χ0n) is 12.5. The number of hydrogen-bond donors (Lipinski definition) is 2. The molecule has 4 aromatic rings. The SMILES string of the molecule is O=c1oc2ccccc2cc1-c1csc(NNc2ccccc2)n1. The minimum Gasteiger partial charge on any atom is -0.422 e. The van der Waals surface area contributed by atoms with Gasteiger partial charge in [-0.05, 0) is 24.3 Å². The fourth-order valence-electron chi connectivity index (χ4n) is 2.34. The van der Waals surface area contributed by atoms with Crippen LogP contribution >= 0.6 is 11.3 Å². The molecule has 6 heteroatoms. The summed E-state index contributed by atoms with van der Waals surface area (Å²) in [6.45, 7) is 0. The van der Waals surface area contributed by atoms with Crippen molar-refractivity contribution in [2.24, 2.45) is 0 Å². The second kappa shape index (κ2) is 6.17. The van der Waals surface area contributed by atoms with Crippen LogP contribution < -0.4 is 16.5 Å². The molecule has 0 aliphatic rings. The molecule has 5 nitrogen and oxygen atoms in total. The van der Waals surface area contributed by atoms with E-state index >= 15 is 0 Å². The quantitative estimate of drug-likeness (QED) is 0.428. The van der Waals surface area contributed by atoms with Crippen LogP contribution in [-0.4, -0.2) is 4.98 Å². The van der Waals surface area contributed by atoms with Crippen molar-refractivity contribution in [3.63, 3.8) is 0 Å². The number of benzene rings is 2. The molecular formula is C18H13N3O2S. The van der Waals surface area contributed by atoms with Gasteiger partial charge in [0.25, 0.3) is 0 Å². The normalized spacial score (nSPS) is 10.7. The highest BCUT2D eigenvalue weighted by molar-refractivity contribution is 7.14. The van der Waals surface area contributed by atoms with E-state index in [1.807, 2.05) is 60.0 Å². The highest BCUT2D eigenvalue weighted by Crippen LogP contribution is 2.25. The molecule has 0 spiro atoms. The van der Waals surface area contributed by atoms with Gasteiger partial charge in [0.05, 0.1) is 16.9 Å². The number of nitrogens with one attached hydrogen (secondary N) is 2. The van der Waals surface area contributed by atoms with Gasteiger partial charge in [-0.2, -0.15) is 0 Å². The van der Waals surface area contributed by atoms with Crippen LogP contribution in [0.5, 0.6) is 0 Å². The summed E-state index contributed by atoms with van der Waals surface area (Å²) in [6, 6.07) is 19.0. The molecule has 0 bridgehead atoms. The first-order valence-corrected chi connectivity index (χ1v) is 8.23. The third-order valence-corrected chi connectivity index (χ3v) is 4.27. The van der Waals surface area contributed by atoms with E-state index in [-0.39, 0.29) is 5.63 Å². The Balaban J connectivity index is 1.60. The molecule has 0 unspecified atom stereocenters. The third kappa shape index (κ3) is 2.87. The number of anilines is 2. The Kier molecular flexibility index (Phi) is 3.72. The molecule has 0 radical (unpaired) electrons. The van der Waals surface area contributed by atoms with Crippen LogP contribution in [0.2, 0.25) is 0 Å². The summed E-state index contributed by atoms with van der Waals surface area (Å²) in [5, 5.41) is 3.37. The zero-order chi connectivity index (χ0) is 16.4. The molecule has 2 N–H and O–H groups in total. The summed E-state index contributed by atoms with van der Waals surface area (Å²) in [4.78, 5) is 16.6. The Labute approximate surface area is 141 Å². The van der Waals surface area contributed by atoms with Gasteiger partial charge in [-0.25, -0.2) is 9.78 Å². The number of hydrazine groups is 1. The van der Waals surface area contributed by atoms with Crippen LogP contribution in [0.3, 0.4) is 0 Å². The van der Waals surface area contributed by atoms with E-state index in [9.17, 15) is 4.79 Å². The lowest BCUT2D eigenvalue weighted by molar-refractivity contribution is 0.563. The Morgan fingerprint density at radius 1 is 0.958 bits per heavy atom. The van der Waals surface area contributed by atoms with E-state index in [1.54, 1.807) is 6.07 Å². The minimum atomic E-state index is -0.387. The lowest BCUT2D eigenvalue weighted by Crippen LogP contribution is -2.08. The predicted octanol–water partition coefficient (Wildman–Crippen LogP) is 4.36. The summed E-state index contributed by atoms with van der Waals surface area (Å²) in [7, 11) is 0. The van der Waals surface area contributed by atoms with Gasteiger partial charge >= 0.3 is 5.63 Å². The Hall–Kier alpha value is -3.12. The number of thiazole rings is 1. The van der Waals surface area contributed by atoms with Gasteiger partial charge in [0, 0.05) is 10.8 Å². The molecule has 0 aliphatic heterocycles. The highest BCUT2D eigenvalue weighted by atomic mass is 32.1. The van der Waals surface area contributed by atoms with Gasteiger partial charge in [0.1, 0.15) is 5.58 Å². The summed E-state index contributed by atoms with van der Waals surface area (Å²) < 4.78 is 5.36. The van der Waals surface area contributed by atoms with Gasteiger partial charge in [0.2, 0.25) is 5.13 Å². The van der Waals surface area contributed by atoms with Crippen molar-refractivity contribution in [2.45, 2.75) is 0 Å². The Morgan fingerprint density at radius 3 is 2.62 bits per heavy atom. The standard InChI is InChI=1S/C18H13N3O2S/c22-17-14(10-12-6-4-5-9-16(12)23-17)15-11-24-18(19-15)21-20-13-7-2-1-3-8-13/h1-11,20H,(H,19,21). The van der Waals surface area contributed by atoms with Crippen molar-refractivity contribution >= 4 is 33.1 Å². The molecule has 2 aromatic carbocycles. The maximum absolute atomic E-state index is 12.2. The number of fused-ring (bicyclic) bond motifs is 1. The van der Waals surface area contributed by atoms with E-state index in [1.165, 1.54) is 11.3 Å². The second-order valence-corrected chi connectivity index (χ2v) is 6.00. The van der Waals surface area contributed by atoms with Crippen LogP contribution in [0.15, 0.2) is 75.3 Å². The number of para-hydroxylation sites is 2. The molecule has 118 valence electrons. The monoisotopic (exact) mass is 335 g/mol. The lowest BCUT2D eigenvalue weighted by Gasteiger charge is -2.05. The maximum atomic E-state index is 12.2. The highest BCUT2D eigenvalue weighted by Gasteiger charge is 2.11. The summed E-state index contributed by atoms with van der Waals surface area (Å²) >= 11 is 1.41. The first kappa shape index (κ1) is 14.5. The topological polar surface area (TPSA) is 67.2 Å². The van der Waals surface area contributed by atoms with Gasteiger partial charge in [-0.1, -0.05) is 36.4 Å².